The molecule has 142 valence electrons. The average molecular weight is 384 g/mol. The van der Waals surface area contributed by atoms with Crippen LogP contribution in [0.1, 0.15) is 26.3 Å². The Morgan fingerprint density at radius 2 is 1.11 bits per heavy atom. The van der Waals surface area contributed by atoms with E-state index in [1.165, 1.54) is 27.8 Å². The van der Waals surface area contributed by atoms with Crippen LogP contribution in [0.15, 0.2) is 78.9 Å². The fraction of sp³-hybridized carbons (Fsp3) is 0.182. The normalized spacial score (nSPS) is 11.5. The third kappa shape index (κ3) is 6.46. The van der Waals surface area contributed by atoms with Crippen molar-refractivity contribution >= 4 is 7.82 Å². The van der Waals surface area contributed by atoms with Crippen LogP contribution in [0.3, 0.4) is 0 Å². The highest BCUT2D eigenvalue weighted by atomic mass is 31.2. The average Bonchev–Trinajstić information content (AvgIpc) is 2.60. The second kappa shape index (κ2) is 8.64. The Bertz CT molecular complexity index is 902. The lowest BCUT2D eigenvalue weighted by Crippen LogP contribution is -2.13. The van der Waals surface area contributed by atoms with Crippen molar-refractivity contribution in [3.05, 3.63) is 84.4 Å². The minimum absolute atomic E-state index is 0.107. The molecule has 0 heterocycles. The van der Waals surface area contributed by atoms with E-state index < -0.39 is 7.82 Å². The first kappa shape index (κ1) is 21.1. The summed E-state index contributed by atoms with van der Waals surface area (Å²) in [4.78, 5) is 21.6. The molecule has 0 bridgehead atoms. The van der Waals surface area contributed by atoms with Crippen molar-refractivity contribution in [3.63, 3.8) is 0 Å². The fourth-order valence-electron chi connectivity index (χ4n) is 2.95. The van der Waals surface area contributed by atoms with Gasteiger partial charge in [-0.3, -0.25) is 0 Å². The summed E-state index contributed by atoms with van der Waals surface area (Å²) in [6.45, 7) is 6.84. The van der Waals surface area contributed by atoms with E-state index in [9.17, 15) is 0 Å². The molecule has 0 aliphatic heterocycles. The molecule has 0 saturated carbocycles. The minimum atomic E-state index is -4.64. The Labute approximate surface area is 160 Å². The van der Waals surface area contributed by atoms with Gasteiger partial charge in [-0.1, -0.05) is 99.6 Å². The molecule has 0 saturated heterocycles. The summed E-state index contributed by atoms with van der Waals surface area (Å²) in [7, 11) is -4.64. The molecular weight excluding hydrogens is 359 g/mol. The standard InChI is InChI=1S/C22H22.H3O4P/c1-22(2,3)20-16-10-15-19(17-11-6-4-7-12-17)21(20)18-13-8-5-9-14-18;1-5(2,3)4/h4-16H,1-3H3;(H3,1,2,3,4). The summed E-state index contributed by atoms with van der Waals surface area (Å²) < 4.78 is 8.88. The predicted octanol–water partition coefficient (Wildman–Crippen LogP) is 5.39. The van der Waals surface area contributed by atoms with E-state index in [0.717, 1.165) is 0 Å². The smallest absolute Gasteiger partial charge is 0.303 e. The molecule has 0 atom stereocenters. The molecule has 0 spiro atoms. The highest BCUT2D eigenvalue weighted by Gasteiger charge is 2.21. The van der Waals surface area contributed by atoms with Gasteiger partial charge in [-0.15, -0.1) is 0 Å². The van der Waals surface area contributed by atoms with Gasteiger partial charge >= 0.3 is 7.82 Å². The first-order valence-corrected chi connectivity index (χ1v) is 10.2. The fourth-order valence-corrected chi connectivity index (χ4v) is 2.95. The van der Waals surface area contributed by atoms with Gasteiger partial charge in [-0.25, -0.2) is 4.57 Å². The molecule has 0 aliphatic carbocycles. The van der Waals surface area contributed by atoms with E-state index in [-0.39, 0.29) is 5.41 Å². The van der Waals surface area contributed by atoms with Crippen LogP contribution in [-0.2, 0) is 9.98 Å². The zero-order chi connectivity index (χ0) is 20.1. The Morgan fingerprint density at radius 1 is 0.667 bits per heavy atom. The summed E-state index contributed by atoms with van der Waals surface area (Å²) in [6, 6.07) is 28.0. The van der Waals surface area contributed by atoms with Crippen molar-refractivity contribution < 1.29 is 19.2 Å². The molecule has 0 amide bonds. The van der Waals surface area contributed by atoms with Crippen LogP contribution in [-0.4, -0.2) is 14.7 Å². The van der Waals surface area contributed by atoms with Gasteiger partial charge < -0.3 is 14.7 Å². The minimum Gasteiger partial charge on any atom is -0.303 e. The van der Waals surface area contributed by atoms with Crippen LogP contribution in [0.4, 0.5) is 0 Å². The van der Waals surface area contributed by atoms with E-state index in [0.29, 0.717) is 0 Å². The van der Waals surface area contributed by atoms with Gasteiger partial charge in [0.2, 0.25) is 0 Å². The van der Waals surface area contributed by atoms with Crippen molar-refractivity contribution in [2.45, 2.75) is 26.2 Å². The summed E-state index contributed by atoms with van der Waals surface area (Å²) >= 11 is 0. The maximum Gasteiger partial charge on any atom is 0.466 e. The summed E-state index contributed by atoms with van der Waals surface area (Å²) in [6.07, 6.45) is 0. The van der Waals surface area contributed by atoms with Gasteiger partial charge in [0.1, 0.15) is 0 Å². The molecule has 3 rings (SSSR count). The van der Waals surface area contributed by atoms with Crippen molar-refractivity contribution in [2.75, 3.05) is 0 Å². The molecule has 3 aromatic rings. The lowest BCUT2D eigenvalue weighted by Gasteiger charge is -2.25. The lowest BCUT2D eigenvalue weighted by atomic mass is 9.79. The molecule has 0 unspecified atom stereocenters. The van der Waals surface area contributed by atoms with Crippen molar-refractivity contribution in [2.24, 2.45) is 0 Å². The second-order valence-electron chi connectivity index (χ2n) is 7.22. The Morgan fingerprint density at radius 3 is 1.56 bits per heavy atom. The SMILES string of the molecule is CC(C)(C)c1cccc(-c2ccccc2)c1-c1ccccc1.O=P(O)(O)O. The quantitative estimate of drug-likeness (QED) is 0.518. The van der Waals surface area contributed by atoms with Crippen LogP contribution >= 0.6 is 7.82 Å². The molecule has 3 aromatic carbocycles. The highest BCUT2D eigenvalue weighted by molar-refractivity contribution is 7.45. The molecule has 4 nitrogen and oxygen atoms in total. The molecular formula is C22H25O4P. The zero-order valence-corrected chi connectivity index (χ0v) is 16.6. The van der Waals surface area contributed by atoms with Crippen molar-refractivity contribution in [1.29, 1.82) is 0 Å². The van der Waals surface area contributed by atoms with Gasteiger partial charge in [0.25, 0.3) is 0 Å². The molecule has 27 heavy (non-hydrogen) atoms. The number of hydrogen-bond donors (Lipinski definition) is 3. The number of rotatable bonds is 2. The molecule has 3 N–H and O–H groups in total. The number of phosphoric acid groups is 1. The Balaban J connectivity index is 0.000000465. The predicted molar refractivity (Wildman–Crippen MR) is 110 cm³/mol. The van der Waals surface area contributed by atoms with E-state index in [4.69, 9.17) is 19.2 Å². The molecule has 0 aromatic heterocycles. The van der Waals surface area contributed by atoms with Gasteiger partial charge in [-0.2, -0.15) is 0 Å². The molecule has 0 radical (unpaired) electrons. The van der Waals surface area contributed by atoms with Crippen molar-refractivity contribution in [1.82, 2.24) is 0 Å². The number of benzene rings is 3. The summed E-state index contributed by atoms with van der Waals surface area (Å²) in [5, 5.41) is 0. The molecule has 5 heteroatoms. The first-order valence-electron chi connectivity index (χ1n) is 8.60. The summed E-state index contributed by atoms with van der Waals surface area (Å²) in [5.74, 6) is 0. The molecule has 0 aliphatic rings. The van der Waals surface area contributed by atoms with Gasteiger partial charge in [0, 0.05) is 0 Å². The van der Waals surface area contributed by atoms with E-state index in [1.807, 2.05) is 0 Å². The molecule has 0 fully saturated rings. The Kier molecular flexibility index (Phi) is 6.74. The number of hydrogen-bond acceptors (Lipinski definition) is 1. The third-order valence-corrected chi connectivity index (χ3v) is 4.02. The van der Waals surface area contributed by atoms with Crippen LogP contribution in [0.2, 0.25) is 0 Å². The largest absolute Gasteiger partial charge is 0.466 e. The maximum absolute atomic E-state index is 8.88. The Hall–Kier alpha value is -2.23. The van der Waals surface area contributed by atoms with Crippen LogP contribution in [0.5, 0.6) is 0 Å². The van der Waals surface area contributed by atoms with Crippen molar-refractivity contribution in [3.8, 4) is 22.3 Å². The van der Waals surface area contributed by atoms with Crippen LogP contribution < -0.4 is 0 Å². The van der Waals surface area contributed by atoms with E-state index >= 15 is 0 Å². The van der Waals surface area contributed by atoms with Gasteiger partial charge in [-0.05, 0) is 33.2 Å². The maximum atomic E-state index is 8.88. The van der Waals surface area contributed by atoms with Gasteiger partial charge in [0.15, 0.2) is 0 Å². The van der Waals surface area contributed by atoms with Gasteiger partial charge in [0.05, 0.1) is 0 Å². The zero-order valence-electron chi connectivity index (χ0n) is 15.7. The second-order valence-corrected chi connectivity index (χ2v) is 8.25. The van der Waals surface area contributed by atoms with Crippen LogP contribution in [0.25, 0.3) is 22.3 Å². The van der Waals surface area contributed by atoms with E-state index in [1.54, 1.807) is 0 Å². The topological polar surface area (TPSA) is 77.8 Å². The van der Waals surface area contributed by atoms with E-state index in [2.05, 4.69) is 99.6 Å². The monoisotopic (exact) mass is 384 g/mol. The summed E-state index contributed by atoms with van der Waals surface area (Å²) in [5.41, 5.74) is 6.70. The highest BCUT2D eigenvalue weighted by Crippen LogP contribution is 2.39. The lowest BCUT2D eigenvalue weighted by molar-refractivity contribution is 0.275. The third-order valence-electron chi connectivity index (χ3n) is 4.02. The van der Waals surface area contributed by atoms with Crippen LogP contribution in [0, 0.1) is 0 Å². The first-order chi connectivity index (χ1) is 12.6.